The molecule has 0 bridgehead atoms. The van der Waals surface area contributed by atoms with Crippen LogP contribution in [0.25, 0.3) is 5.57 Å². The quantitative estimate of drug-likeness (QED) is 0.0875. The number of morpholine rings is 1. The van der Waals surface area contributed by atoms with Crippen LogP contribution < -0.4 is 4.90 Å². The van der Waals surface area contributed by atoms with E-state index in [9.17, 15) is 54.4 Å². The molecule has 3 aromatic carbocycles. The van der Waals surface area contributed by atoms with Gasteiger partial charge in [-0.2, -0.15) is 0 Å². The highest BCUT2D eigenvalue weighted by molar-refractivity contribution is 6.11. The van der Waals surface area contributed by atoms with Gasteiger partial charge in [0.2, 0.25) is 11.8 Å². The van der Waals surface area contributed by atoms with Crippen LogP contribution in [0.3, 0.4) is 0 Å². The highest BCUT2D eigenvalue weighted by Gasteiger charge is 2.61. The number of ketones is 1. The number of nitrogens with zero attached hydrogens (tertiary/aromatic N) is 5. The van der Waals surface area contributed by atoms with E-state index >= 15 is 0 Å². The molecule has 8 rings (SSSR count). The van der Waals surface area contributed by atoms with Gasteiger partial charge in [0.25, 0.3) is 11.4 Å². The number of carbonyl (C=O) groups excluding carboxylic acids is 5. The largest absolute Gasteiger partial charge is 0.459 e. The lowest BCUT2D eigenvalue weighted by Gasteiger charge is -2.45. The molecule has 0 saturated carbocycles. The molecule has 19 heteroatoms. The predicted octanol–water partition coefficient (Wildman–Crippen LogP) is 2.68. The molecule has 61 heavy (non-hydrogen) atoms. The number of amides is 2. The standard InChI is InChI=1S/C26H27N3O7.C16H16N2O7/c1-16(30)23-22-14-21(18-4-8-19(9-5-18)27-10-12-35-13-11-27)24(28(22)25(23)31)26(32)36-15-17-2-6-20(7-3-17)29(33)34;1-8(19)13-11-6-12(20)14(17(11)15(13)21)16(22)25-7-9-2-4-10(5-3-9)18(23)24/h2-9,16,22-23,30H,10-15H2,1H3;2-5,8,11,13-14,19H,6-7H2,1H3/t16-,22-,23-;8-,11-,13-,14?/m11/s1. The van der Waals surface area contributed by atoms with Gasteiger partial charge in [-0.15, -0.1) is 0 Å². The van der Waals surface area contributed by atoms with Crippen LogP contribution in [-0.4, -0.2) is 116 Å². The van der Waals surface area contributed by atoms with E-state index in [0.717, 1.165) is 24.3 Å². The molecule has 7 atom stereocenters. The van der Waals surface area contributed by atoms with Gasteiger partial charge < -0.3 is 39.1 Å². The van der Waals surface area contributed by atoms with Gasteiger partial charge in [-0.25, -0.2) is 9.59 Å². The number of fused-ring (bicyclic) bond motifs is 2. The van der Waals surface area contributed by atoms with E-state index in [1.807, 2.05) is 24.3 Å². The molecule has 19 nitrogen and oxygen atoms in total. The topological polar surface area (TPSA) is 249 Å². The third kappa shape index (κ3) is 8.44. The molecule has 4 fully saturated rings. The van der Waals surface area contributed by atoms with Crippen LogP contribution in [0.15, 0.2) is 78.5 Å². The first-order valence-electron chi connectivity index (χ1n) is 19.7. The van der Waals surface area contributed by atoms with Gasteiger partial charge >= 0.3 is 11.9 Å². The third-order valence-electron chi connectivity index (χ3n) is 11.6. The van der Waals surface area contributed by atoms with Crippen LogP contribution in [0, 0.1) is 32.1 Å². The molecule has 3 aromatic rings. The lowest BCUT2D eigenvalue weighted by Crippen LogP contribution is -2.64. The summed E-state index contributed by atoms with van der Waals surface area (Å²) in [6.45, 7) is 5.79. The Morgan fingerprint density at radius 3 is 1.80 bits per heavy atom. The van der Waals surface area contributed by atoms with Gasteiger partial charge in [-0.05, 0) is 78.9 Å². The Hall–Kier alpha value is -6.57. The van der Waals surface area contributed by atoms with Crippen LogP contribution in [-0.2, 0) is 51.4 Å². The first kappa shape index (κ1) is 42.6. The molecule has 2 amide bonds. The number of non-ortho nitro benzene ring substituents is 2. The van der Waals surface area contributed by atoms with Gasteiger partial charge in [0.1, 0.15) is 18.9 Å². The Kier molecular flexibility index (Phi) is 12.3. The number of benzene rings is 3. The molecular formula is C42H43N5O14. The van der Waals surface area contributed by atoms with E-state index in [4.69, 9.17) is 14.2 Å². The maximum Gasteiger partial charge on any atom is 0.355 e. The van der Waals surface area contributed by atoms with E-state index in [0.29, 0.717) is 36.3 Å². The van der Waals surface area contributed by atoms with Gasteiger partial charge in [0.15, 0.2) is 11.8 Å². The van der Waals surface area contributed by atoms with Crippen LogP contribution in [0.1, 0.15) is 43.4 Å². The zero-order valence-electron chi connectivity index (χ0n) is 33.2. The van der Waals surface area contributed by atoms with Crippen molar-refractivity contribution in [1.29, 1.82) is 0 Å². The minimum absolute atomic E-state index is 0.0264. The second-order valence-corrected chi connectivity index (χ2v) is 15.4. The minimum atomic E-state index is -1.27. The molecule has 0 spiro atoms. The van der Waals surface area contributed by atoms with Crippen LogP contribution in [0.4, 0.5) is 17.1 Å². The second kappa shape index (κ2) is 17.6. The molecule has 4 saturated heterocycles. The summed E-state index contributed by atoms with van der Waals surface area (Å²) in [5, 5.41) is 41.2. The van der Waals surface area contributed by atoms with Crippen molar-refractivity contribution >= 4 is 52.2 Å². The molecule has 0 aliphatic carbocycles. The number of rotatable bonds is 12. The fourth-order valence-electron chi connectivity index (χ4n) is 8.47. The SMILES string of the molecule is C[C@@H](O)[C@H]1C(=O)N2C(C(=O)OCc3ccc([N+](=O)[O-])cc3)=C(c3ccc(N4CCOCC4)cc3)C[C@H]12.C[C@@H](O)[C@H]1C(=O)N2C(C(=O)OCc3ccc([N+](=O)[O-])cc3)C(=O)C[C@H]12. The first-order valence-corrected chi connectivity index (χ1v) is 19.7. The molecule has 2 N–H and O–H groups in total. The summed E-state index contributed by atoms with van der Waals surface area (Å²) < 4.78 is 16.0. The number of hydrogen-bond acceptors (Lipinski definition) is 15. The summed E-state index contributed by atoms with van der Waals surface area (Å²) in [5.74, 6) is -3.82. The van der Waals surface area contributed by atoms with Crippen LogP contribution in [0.2, 0.25) is 0 Å². The Bertz CT molecular complexity index is 2250. The van der Waals surface area contributed by atoms with Crippen molar-refractivity contribution in [2.45, 2.75) is 70.2 Å². The fourth-order valence-corrected chi connectivity index (χ4v) is 8.47. The molecule has 0 radical (unpaired) electrons. The monoisotopic (exact) mass is 841 g/mol. The summed E-state index contributed by atoms with van der Waals surface area (Å²) in [4.78, 5) is 87.7. The number of anilines is 1. The van der Waals surface area contributed by atoms with E-state index in [2.05, 4.69) is 4.90 Å². The molecule has 1 unspecified atom stereocenters. The number of Topliss-reactive ketones (excluding diaryl/α,β-unsaturated/α-hetero) is 1. The number of nitro benzene ring substituents is 2. The summed E-state index contributed by atoms with van der Waals surface area (Å²) in [5.41, 5.74) is 3.77. The maximum absolute atomic E-state index is 13.2. The molecule has 5 aliphatic heterocycles. The van der Waals surface area contributed by atoms with Gasteiger partial charge in [0, 0.05) is 49.5 Å². The van der Waals surface area contributed by atoms with Crippen molar-refractivity contribution in [2.24, 2.45) is 11.8 Å². The molecular weight excluding hydrogens is 798 g/mol. The van der Waals surface area contributed by atoms with Gasteiger partial charge in [-0.1, -0.05) is 12.1 Å². The van der Waals surface area contributed by atoms with Crippen molar-refractivity contribution in [3.63, 3.8) is 0 Å². The Morgan fingerprint density at radius 1 is 0.754 bits per heavy atom. The normalized spacial score (nSPS) is 23.8. The average Bonchev–Trinajstić information content (AvgIpc) is 3.74. The van der Waals surface area contributed by atoms with Crippen molar-refractivity contribution in [1.82, 2.24) is 9.80 Å². The smallest absolute Gasteiger partial charge is 0.355 e. The zero-order chi connectivity index (χ0) is 43.7. The number of aliphatic hydroxyl groups excluding tert-OH is 2. The molecule has 5 heterocycles. The summed E-state index contributed by atoms with van der Waals surface area (Å²) in [6, 6.07) is 17.1. The number of carbonyl (C=O) groups is 5. The number of ether oxygens (including phenoxy) is 3. The lowest BCUT2D eigenvalue weighted by atomic mass is 9.82. The number of esters is 2. The van der Waals surface area contributed by atoms with E-state index in [-0.39, 0.29) is 48.7 Å². The Labute approximate surface area is 348 Å². The Balaban J connectivity index is 0.000000197. The fraction of sp³-hybridized carbons (Fsp3) is 0.405. The Morgan fingerprint density at radius 2 is 1.28 bits per heavy atom. The summed E-state index contributed by atoms with van der Waals surface area (Å²) in [7, 11) is 0. The van der Waals surface area contributed by atoms with Crippen molar-refractivity contribution < 1.29 is 58.2 Å². The summed E-state index contributed by atoms with van der Waals surface area (Å²) >= 11 is 0. The predicted molar refractivity (Wildman–Crippen MR) is 212 cm³/mol. The summed E-state index contributed by atoms with van der Waals surface area (Å²) in [6.07, 6.45) is -1.23. The van der Waals surface area contributed by atoms with Crippen molar-refractivity contribution in [2.75, 3.05) is 31.2 Å². The number of nitro groups is 2. The lowest BCUT2D eigenvalue weighted by molar-refractivity contribution is -0.385. The maximum atomic E-state index is 13.2. The van der Waals surface area contributed by atoms with E-state index in [1.165, 1.54) is 65.3 Å². The van der Waals surface area contributed by atoms with E-state index in [1.54, 1.807) is 6.92 Å². The molecule has 0 aromatic heterocycles. The molecule has 320 valence electrons. The van der Waals surface area contributed by atoms with Gasteiger partial charge in [0.05, 0.1) is 59.2 Å². The zero-order valence-corrected chi connectivity index (χ0v) is 33.2. The highest BCUT2D eigenvalue weighted by atomic mass is 16.6. The average molecular weight is 842 g/mol. The van der Waals surface area contributed by atoms with Crippen molar-refractivity contribution in [3.8, 4) is 0 Å². The number of hydrogen-bond donors (Lipinski definition) is 2. The van der Waals surface area contributed by atoms with E-state index < -0.39 is 69.6 Å². The third-order valence-corrected chi connectivity index (χ3v) is 11.6. The second-order valence-electron chi connectivity index (χ2n) is 15.4. The first-order chi connectivity index (χ1) is 29.2. The molecule has 5 aliphatic rings. The van der Waals surface area contributed by atoms with Crippen molar-refractivity contribution in [3.05, 3.63) is 115 Å². The van der Waals surface area contributed by atoms with Crippen LogP contribution in [0.5, 0.6) is 0 Å². The minimum Gasteiger partial charge on any atom is -0.459 e. The van der Waals surface area contributed by atoms with Crippen LogP contribution >= 0.6 is 0 Å². The highest BCUT2D eigenvalue weighted by Crippen LogP contribution is 2.47. The number of β-lactam (4-membered cyclic amide) rings is 2. The van der Waals surface area contributed by atoms with Gasteiger partial charge in [-0.3, -0.25) is 34.6 Å². The number of aliphatic hydroxyl groups is 2.